The van der Waals surface area contributed by atoms with Crippen LogP contribution >= 0.6 is 0 Å². The van der Waals surface area contributed by atoms with Gasteiger partial charge in [0.2, 0.25) is 0 Å². The largest absolute Gasteiger partial charge is 0.462 e. The third-order valence-corrected chi connectivity index (χ3v) is 16.7. The normalized spacial score (nSPS) is 12.1. The van der Waals surface area contributed by atoms with Crippen molar-refractivity contribution in [3.05, 3.63) is 24.3 Å². The fourth-order valence-corrected chi connectivity index (χ4v) is 11.2. The number of hydrogen-bond acceptors (Lipinski definition) is 6. The van der Waals surface area contributed by atoms with E-state index in [0.717, 1.165) is 64.2 Å². The number of unbranched alkanes of at least 4 members (excludes halogenated alkanes) is 53. The average molecular weight is 1130 g/mol. The summed E-state index contributed by atoms with van der Waals surface area (Å²) < 4.78 is 17.0. The Morgan fingerprint density at radius 2 is 0.412 bits per heavy atom. The van der Waals surface area contributed by atoms with Crippen LogP contribution in [0.1, 0.15) is 412 Å². The summed E-state index contributed by atoms with van der Waals surface area (Å²) in [6.45, 7) is 6.69. The summed E-state index contributed by atoms with van der Waals surface area (Å²) in [6.07, 6.45) is 85.1. The first-order valence-electron chi connectivity index (χ1n) is 36.3. The Morgan fingerprint density at radius 3 is 0.650 bits per heavy atom. The molecule has 0 aliphatic carbocycles. The first-order valence-corrected chi connectivity index (χ1v) is 36.3. The van der Waals surface area contributed by atoms with E-state index in [9.17, 15) is 14.4 Å². The Balaban J connectivity index is 4.17. The topological polar surface area (TPSA) is 78.9 Å². The molecule has 6 nitrogen and oxygen atoms in total. The second-order valence-corrected chi connectivity index (χ2v) is 24.9. The molecular weight excluding hydrogens is 985 g/mol. The number of hydrogen-bond donors (Lipinski definition) is 0. The van der Waals surface area contributed by atoms with Gasteiger partial charge in [-0.2, -0.15) is 0 Å². The van der Waals surface area contributed by atoms with Crippen molar-refractivity contribution in [2.75, 3.05) is 13.2 Å². The summed E-state index contributed by atoms with van der Waals surface area (Å²) >= 11 is 0. The minimum atomic E-state index is -0.773. The van der Waals surface area contributed by atoms with E-state index in [-0.39, 0.29) is 31.1 Å². The van der Waals surface area contributed by atoms with Crippen molar-refractivity contribution in [3.8, 4) is 0 Å². The Labute approximate surface area is 500 Å². The number of allylic oxidation sites excluding steroid dienone is 4. The van der Waals surface area contributed by atoms with E-state index in [2.05, 4.69) is 45.1 Å². The maximum absolute atomic E-state index is 12.9. The molecule has 0 spiro atoms. The summed E-state index contributed by atoms with van der Waals surface area (Å²) in [4.78, 5) is 38.4. The molecule has 0 rings (SSSR count). The molecule has 0 heterocycles. The summed E-state index contributed by atoms with van der Waals surface area (Å²) in [6, 6.07) is 0. The van der Waals surface area contributed by atoms with Crippen molar-refractivity contribution in [1.29, 1.82) is 0 Å². The quantitative estimate of drug-likeness (QED) is 0.0261. The van der Waals surface area contributed by atoms with Crippen molar-refractivity contribution in [2.45, 2.75) is 419 Å². The zero-order valence-electron chi connectivity index (χ0n) is 54.4. The van der Waals surface area contributed by atoms with Crippen LogP contribution in [0.25, 0.3) is 0 Å². The molecule has 0 N–H and O–H groups in total. The van der Waals surface area contributed by atoms with Crippen LogP contribution in [0.4, 0.5) is 0 Å². The van der Waals surface area contributed by atoms with E-state index in [4.69, 9.17) is 14.2 Å². The van der Waals surface area contributed by atoms with Crippen LogP contribution in [0.2, 0.25) is 0 Å². The standard InChI is InChI=1S/C74H140O6/c1-4-7-10-13-16-19-22-25-27-29-31-33-35-36-37-38-40-41-43-45-47-49-52-55-58-61-64-67-73(76)79-70-71(69-78-72(75)66-63-60-57-54-51-24-21-18-15-12-9-6-3)80-74(77)68-65-62-59-56-53-50-48-46-44-42-39-34-32-30-28-26-23-20-17-14-11-8-5-2/h18,21,30,32,71H,4-17,19-20,22-29,31,33-70H2,1-3H3/b21-18-,32-30-. The number of carbonyl (C=O) groups is 3. The van der Waals surface area contributed by atoms with Gasteiger partial charge in [-0.3, -0.25) is 14.4 Å². The highest BCUT2D eigenvalue weighted by Gasteiger charge is 2.19. The van der Waals surface area contributed by atoms with Crippen LogP contribution in [-0.2, 0) is 28.6 Å². The Morgan fingerprint density at radius 1 is 0.237 bits per heavy atom. The number of ether oxygens (including phenoxy) is 3. The van der Waals surface area contributed by atoms with Crippen LogP contribution < -0.4 is 0 Å². The zero-order chi connectivity index (χ0) is 57.8. The highest BCUT2D eigenvalue weighted by Crippen LogP contribution is 2.19. The summed E-state index contributed by atoms with van der Waals surface area (Å²) in [5, 5.41) is 0. The van der Waals surface area contributed by atoms with E-state index in [1.54, 1.807) is 0 Å². The number of rotatable bonds is 68. The maximum Gasteiger partial charge on any atom is 0.306 e. The lowest BCUT2D eigenvalue weighted by Crippen LogP contribution is -2.30. The minimum absolute atomic E-state index is 0.0686. The first-order chi connectivity index (χ1) is 39.5. The van der Waals surface area contributed by atoms with Crippen molar-refractivity contribution in [1.82, 2.24) is 0 Å². The molecule has 1 unspecified atom stereocenters. The molecule has 0 aromatic rings. The highest BCUT2D eigenvalue weighted by molar-refractivity contribution is 5.71. The molecule has 0 saturated carbocycles. The molecule has 0 aromatic carbocycles. The van der Waals surface area contributed by atoms with Crippen molar-refractivity contribution < 1.29 is 28.6 Å². The van der Waals surface area contributed by atoms with Crippen LogP contribution in [0.3, 0.4) is 0 Å². The second kappa shape index (κ2) is 69.4. The fraction of sp³-hybridized carbons (Fsp3) is 0.905. The molecule has 0 aliphatic rings. The maximum atomic E-state index is 12.9. The molecule has 472 valence electrons. The molecule has 0 aromatic heterocycles. The van der Waals surface area contributed by atoms with Gasteiger partial charge in [-0.25, -0.2) is 0 Å². The summed E-state index contributed by atoms with van der Waals surface area (Å²) in [7, 11) is 0. The Hall–Kier alpha value is -2.11. The molecule has 1 atom stereocenters. The predicted octanol–water partition coefficient (Wildman–Crippen LogP) is 25.0. The first kappa shape index (κ1) is 77.9. The van der Waals surface area contributed by atoms with Gasteiger partial charge >= 0.3 is 17.9 Å². The predicted molar refractivity (Wildman–Crippen MR) is 349 cm³/mol. The lowest BCUT2D eigenvalue weighted by Gasteiger charge is -2.18. The summed E-state index contributed by atoms with van der Waals surface area (Å²) in [5.41, 5.74) is 0. The second-order valence-electron chi connectivity index (χ2n) is 24.9. The average Bonchev–Trinajstić information content (AvgIpc) is 3.46. The van der Waals surface area contributed by atoms with Crippen molar-refractivity contribution in [2.24, 2.45) is 0 Å². The molecule has 0 bridgehead atoms. The third kappa shape index (κ3) is 66.7. The van der Waals surface area contributed by atoms with Gasteiger partial charge in [0, 0.05) is 19.3 Å². The molecule has 80 heavy (non-hydrogen) atoms. The van der Waals surface area contributed by atoms with Crippen LogP contribution in [0, 0.1) is 0 Å². The van der Waals surface area contributed by atoms with E-state index in [0.29, 0.717) is 19.3 Å². The van der Waals surface area contributed by atoms with Gasteiger partial charge in [-0.05, 0) is 70.6 Å². The zero-order valence-corrected chi connectivity index (χ0v) is 54.4. The monoisotopic (exact) mass is 1130 g/mol. The third-order valence-electron chi connectivity index (χ3n) is 16.7. The SMILES string of the molecule is CCCCC/C=C\CCCCCCCC(=O)OCC(COC(=O)CCCCCCCCCCCCCCCCCCCCCCCCCCCCC)OC(=O)CCCCCCCCCCCCC/C=C\CCCCCCCCCC. The molecule has 0 saturated heterocycles. The number of esters is 3. The lowest BCUT2D eigenvalue weighted by molar-refractivity contribution is -0.167. The van der Waals surface area contributed by atoms with E-state index in [1.807, 2.05) is 0 Å². The van der Waals surface area contributed by atoms with E-state index >= 15 is 0 Å². The summed E-state index contributed by atoms with van der Waals surface area (Å²) in [5.74, 6) is -0.848. The molecule has 0 fully saturated rings. The van der Waals surface area contributed by atoms with Gasteiger partial charge in [-0.1, -0.05) is 347 Å². The molecule has 0 amide bonds. The lowest BCUT2D eigenvalue weighted by atomic mass is 10.0. The Bertz CT molecular complexity index is 1290. The smallest absolute Gasteiger partial charge is 0.306 e. The van der Waals surface area contributed by atoms with Gasteiger partial charge in [0.15, 0.2) is 6.10 Å². The van der Waals surface area contributed by atoms with Gasteiger partial charge < -0.3 is 14.2 Å². The Kier molecular flexibility index (Phi) is 67.6. The van der Waals surface area contributed by atoms with Crippen LogP contribution in [-0.4, -0.2) is 37.2 Å². The van der Waals surface area contributed by atoms with Gasteiger partial charge in [0.05, 0.1) is 0 Å². The minimum Gasteiger partial charge on any atom is -0.462 e. The molecule has 6 heteroatoms. The van der Waals surface area contributed by atoms with Crippen LogP contribution in [0.15, 0.2) is 24.3 Å². The van der Waals surface area contributed by atoms with Gasteiger partial charge in [0.1, 0.15) is 13.2 Å². The van der Waals surface area contributed by atoms with Gasteiger partial charge in [0.25, 0.3) is 0 Å². The molecule has 0 radical (unpaired) electrons. The van der Waals surface area contributed by atoms with Crippen molar-refractivity contribution in [3.63, 3.8) is 0 Å². The van der Waals surface area contributed by atoms with E-state index < -0.39 is 6.10 Å². The fourth-order valence-electron chi connectivity index (χ4n) is 11.2. The number of carbonyl (C=O) groups excluding carboxylic acids is 3. The van der Waals surface area contributed by atoms with Crippen molar-refractivity contribution >= 4 is 17.9 Å². The highest BCUT2D eigenvalue weighted by atomic mass is 16.6. The molecule has 0 aliphatic heterocycles. The van der Waals surface area contributed by atoms with Gasteiger partial charge in [-0.15, -0.1) is 0 Å². The molecular formula is C74H140O6. The van der Waals surface area contributed by atoms with Crippen LogP contribution in [0.5, 0.6) is 0 Å². The van der Waals surface area contributed by atoms with E-state index in [1.165, 1.54) is 308 Å².